The number of carbonyl (C=O) groups is 2. The van der Waals surface area contributed by atoms with Gasteiger partial charge in [-0.2, -0.15) is 0 Å². The minimum atomic E-state index is -0.936. The molecule has 0 saturated carbocycles. The van der Waals surface area contributed by atoms with Gasteiger partial charge in [-0.1, -0.05) is 0 Å². The molecule has 0 spiro atoms. The number of carbonyl (C=O) groups excluding carboxylic acids is 1. The molecule has 1 aromatic rings. The number of carboxylic acid groups (broad SMARTS) is 1. The van der Waals surface area contributed by atoms with Gasteiger partial charge in [-0.3, -0.25) is 4.79 Å². The molecule has 2 atom stereocenters. The monoisotopic (exact) mass is 286 g/mol. The normalized spacial score (nSPS) is 23.3. The van der Waals surface area contributed by atoms with Crippen molar-refractivity contribution >= 4 is 35.0 Å². The van der Waals surface area contributed by atoms with E-state index in [2.05, 4.69) is 4.98 Å². The number of aromatic nitrogens is 1. The standard InChI is InChI=1S/C11H14N2O3S2/c1-6-12-8(4-17-6)3-10(14)13-7(2)18-5-9(13)11(15)16/h4,7,9H,3,5H2,1-2H3,(H,15,16). The van der Waals surface area contributed by atoms with Gasteiger partial charge in [-0.15, -0.1) is 23.1 Å². The third-order valence-corrected chi connectivity index (χ3v) is 4.83. The Labute approximate surface area is 113 Å². The molecule has 0 radical (unpaired) electrons. The first kappa shape index (κ1) is 13.4. The van der Waals surface area contributed by atoms with Crippen molar-refractivity contribution in [2.24, 2.45) is 0 Å². The van der Waals surface area contributed by atoms with Gasteiger partial charge in [-0.25, -0.2) is 9.78 Å². The zero-order chi connectivity index (χ0) is 13.3. The molecular weight excluding hydrogens is 272 g/mol. The van der Waals surface area contributed by atoms with Crippen LogP contribution in [0.4, 0.5) is 0 Å². The van der Waals surface area contributed by atoms with E-state index < -0.39 is 12.0 Å². The van der Waals surface area contributed by atoms with Crippen LogP contribution in [0.25, 0.3) is 0 Å². The Hall–Kier alpha value is -1.08. The molecule has 2 heterocycles. The summed E-state index contributed by atoms with van der Waals surface area (Å²) in [5.74, 6) is -0.641. The second-order valence-electron chi connectivity index (χ2n) is 4.12. The maximum Gasteiger partial charge on any atom is 0.327 e. The Bertz CT molecular complexity index is 475. The lowest BCUT2D eigenvalue weighted by molar-refractivity contribution is -0.148. The number of carboxylic acids is 1. The van der Waals surface area contributed by atoms with Crippen LogP contribution in [0, 0.1) is 6.92 Å². The summed E-state index contributed by atoms with van der Waals surface area (Å²) >= 11 is 2.99. The maximum absolute atomic E-state index is 12.2. The largest absolute Gasteiger partial charge is 0.480 e. The third kappa shape index (κ3) is 2.67. The van der Waals surface area contributed by atoms with Gasteiger partial charge in [0.1, 0.15) is 6.04 Å². The van der Waals surface area contributed by atoms with Crippen molar-refractivity contribution in [3.63, 3.8) is 0 Å². The van der Waals surface area contributed by atoms with E-state index in [1.54, 1.807) is 0 Å². The fraction of sp³-hybridized carbons (Fsp3) is 0.545. The van der Waals surface area contributed by atoms with Crippen molar-refractivity contribution in [3.05, 3.63) is 16.1 Å². The molecule has 1 fully saturated rings. The summed E-state index contributed by atoms with van der Waals surface area (Å²) in [6.45, 7) is 3.74. The van der Waals surface area contributed by atoms with Crippen LogP contribution in [-0.2, 0) is 16.0 Å². The second-order valence-corrected chi connectivity index (χ2v) is 6.53. The number of aryl methyl sites for hydroxylation is 1. The average Bonchev–Trinajstić information content (AvgIpc) is 2.85. The van der Waals surface area contributed by atoms with E-state index in [0.717, 1.165) is 10.7 Å². The molecular formula is C11H14N2O3S2. The van der Waals surface area contributed by atoms with E-state index in [-0.39, 0.29) is 17.7 Å². The van der Waals surface area contributed by atoms with Crippen molar-refractivity contribution in [2.75, 3.05) is 5.75 Å². The highest BCUT2D eigenvalue weighted by atomic mass is 32.2. The van der Waals surface area contributed by atoms with E-state index in [4.69, 9.17) is 5.11 Å². The van der Waals surface area contributed by atoms with Crippen LogP contribution in [0.3, 0.4) is 0 Å². The molecule has 98 valence electrons. The predicted octanol–water partition coefficient (Wildman–Crippen LogP) is 1.37. The van der Waals surface area contributed by atoms with Gasteiger partial charge in [0, 0.05) is 11.1 Å². The Balaban J connectivity index is 2.09. The SMILES string of the molecule is Cc1nc(CC(=O)N2C(C)SCC2C(=O)O)cs1. The summed E-state index contributed by atoms with van der Waals surface area (Å²) in [5, 5.41) is 11.8. The van der Waals surface area contributed by atoms with E-state index in [0.29, 0.717) is 5.75 Å². The van der Waals surface area contributed by atoms with E-state index >= 15 is 0 Å². The topological polar surface area (TPSA) is 70.5 Å². The second kappa shape index (κ2) is 5.27. The molecule has 1 aliphatic rings. The molecule has 1 aliphatic heterocycles. The van der Waals surface area contributed by atoms with Crippen molar-refractivity contribution < 1.29 is 14.7 Å². The molecule has 0 aromatic carbocycles. The zero-order valence-electron chi connectivity index (χ0n) is 10.1. The number of aliphatic carboxylic acids is 1. The molecule has 0 aliphatic carbocycles. The molecule has 1 saturated heterocycles. The minimum Gasteiger partial charge on any atom is -0.480 e. The molecule has 0 bridgehead atoms. The average molecular weight is 286 g/mol. The minimum absolute atomic E-state index is 0.0849. The van der Waals surface area contributed by atoms with Crippen LogP contribution in [-0.4, -0.2) is 44.0 Å². The quantitative estimate of drug-likeness (QED) is 0.908. The van der Waals surface area contributed by atoms with Gasteiger partial charge in [0.25, 0.3) is 0 Å². The number of amides is 1. The molecule has 18 heavy (non-hydrogen) atoms. The van der Waals surface area contributed by atoms with Crippen molar-refractivity contribution in [3.8, 4) is 0 Å². The molecule has 5 nitrogen and oxygen atoms in total. The van der Waals surface area contributed by atoms with E-state index in [1.807, 2.05) is 19.2 Å². The van der Waals surface area contributed by atoms with Crippen LogP contribution >= 0.6 is 23.1 Å². The summed E-state index contributed by atoms with van der Waals surface area (Å²) in [6, 6.07) is -0.711. The summed E-state index contributed by atoms with van der Waals surface area (Å²) < 4.78 is 0. The van der Waals surface area contributed by atoms with Gasteiger partial charge in [0.15, 0.2) is 0 Å². The molecule has 1 N–H and O–H groups in total. The molecule has 2 unspecified atom stereocenters. The lowest BCUT2D eigenvalue weighted by atomic mass is 10.2. The first-order valence-electron chi connectivity index (χ1n) is 5.55. The summed E-state index contributed by atoms with van der Waals surface area (Å²) in [4.78, 5) is 29.0. The number of thiazole rings is 1. The third-order valence-electron chi connectivity index (χ3n) is 2.79. The van der Waals surface area contributed by atoms with Crippen LogP contribution in [0.1, 0.15) is 17.6 Å². The number of rotatable bonds is 3. The zero-order valence-corrected chi connectivity index (χ0v) is 11.8. The maximum atomic E-state index is 12.2. The Kier molecular flexibility index (Phi) is 3.91. The Morgan fingerprint density at radius 1 is 1.61 bits per heavy atom. The van der Waals surface area contributed by atoms with Crippen molar-refractivity contribution in [1.29, 1.82) is 0 Å². The first-order valence-corrected chi connectivity index (χ1v) is 7.48. The van der Waals surface area contributed by atoms with Crippen LogP contribution in [0.15, 0.2) is 5.38 Å². The number of hydrogen-bond acceptors (Lipinski definition) is 5. The highest BCUT2D eigenvalue weighted by Crippen LogP contribution is 2.29. The Morgan fingerprint density at radius 2 is 2.33 bits per heavy atom. The van der Waals surface area contributed by atoms with Crippen LogP contribution < -0.4 is 0 Å². The summed E-state index contributed by atoms with van der Waals surface area (Å²) in [6.07, 6.45) is 0.180. The predicted molar refractivity (Wildman–Crippen MR) is 70.7 cm³/mol. The van der Waals surface area contributed by atoms with Gasteiger partial charge in [-0.05, 0) is 13.8 Å². The number of nitrogens with zero attached hydrogens (tertiary/aromatic N) is 2. The molecule has 1 amide bonds. The fourth-order valence-electron chi connectivity index (χ4n) is 1.95. The van der Waals surface area contributed by atoms with E-state index in [9.17, 15) is 9.59 Å². The Morgan fingerprint density at radius 3 is 2.89 bits per heavy atom. The fourth-order valence-corrected chi connectivity index (χ4v) is 3.75. The van der Waals surface area contributed by atoms with Gasteiger partial charge in [0.05, 0.1) is 22.5 Å². The first-order chi connectivity index (χ1) is 8.49. The summed E-state index contributed by atoms with van der Waals surface area (Å²) in [7, 11) is 0. The lowest BCUT2D eigenvalue weighted by Gasteiger charge is -2.24. The van der Waals surface area contributed by atoms with Gasteiger partial charge >= 0.3 is 5.97 Å². The van der Waals surface area contributed by atoms with Crippen LogP contribution in [0.2, 0.25) is 0 Å². The van der Waals surface area contributed by atoms with E-state index in [1.165, 1.54) is 28.0 Å². The highest BCUT2D eigenvalue weighted by molar-refractivity contribution is 8.00. The molecule has 7 heteroatoms. The van der Waals surface area contributed by atoms with Crippen molar-refractivity contribution in [1.82, 2.24) is 9.88 Å². The number of thioether (sulfide) groups is 1. The van der Waals surface area contributed by atoms with Crippen LogP contribution in [0.5, 0.6) is 0 Å². The smallest absolute Gasteiger partial charge is 0.327 e. The van der Waals surface area contributed by atoms with Gasteiger partial charge in [0.2, 0.25) is 5.91 Å². The molecule has 2 rings (SSSR count). The number of hydrogen-bond donors (Lipinski definition) is 1. The van der Waals surface area contributed by atoms with Gasteiger partial charge < -0.3 is 10.0 Å². The lowest BCUT2D eigenvalue weighted by Crippen LogP contribution is -2.45. The van der Waals surface area contributed by atoms with Crippen molar-refractivity contribution in [2.45, 2.75) is 31.7 Å². The summed E-state index contributed by atoms with van der Waals surface area (Å²) in [5.41, 5.74) is 0.718. The molecule has 1 aromatic heterocycles. The highest BCUT2D eigenvalue weighted by Gasteiger charge is 2.39.